The van der Waals surface area contributed by atoms with Crippen molar-refractivity contribution in [2.24, 2.45) is 11.8 Å². The smallest absolute Gasteiger partial charge is 0.481 e. The Bertz CT molecular complexity index is 1060. The molecule has 1 fully saturated rings. The zero-order valence-corrected chi connectivity index (χ0v) is 19.6. The van der Waals surface area contributed by atoms with Gasteiger partial charge in [0, 0.05) is 37.7 Å². The molecule has 1 saturated heterocycles. The second-order valence-corrected chi connectivity index (χ2v) is 8.08. The second kappa shape index (κ2) is 11.7. The van der Waals surface area contributed by atoms with Crippen LogP contribution in [0.3, 0.4) is 0 Å². The van der Waals surface area contributed by atoms with Gasteiger partial charge in [0.05, 0.1) is 17.2 Å². The first kappa shape index (κ1) is 27.7. The van der Waals surface area contributed by atoms with Crippen LogP contribution in [0, 0.1) is 11.8 Å². The van der Waals surface area contributed by atoms with E-state index in [1.165, 1.54) is 12.1 Å². The highest BCUT2D eigenvalue weighted by Crippen LogP contribution is 2.32. The lowest BCUT2D eigenvalue weighted by molar-refractivity contribution is -0.275. The Morgan fingerprint density at radius 3 is 2.68 bits per heavy atom. The average Bonchev–Trinajstić information content (AvgIpc) is 3.12. The van der Waals surface area contributed by atoms with Gasteiger partial charge >= 0.3 is 12.3 Å². The maximum atomic E-state index is 12.8. The fourth-order valence-electron chi connectivity index (χ4n) is 4.38. The molecule has 1 aliphatic heterocycles. The van der Waals surface area contributed by atoms with Crippen LogP contribution in [0.25, 0.3) is 11.0 Å². The lowest BCUT2D eigenvalue weighted by Crippen LogP contribution is -2.41. The van der Waals surface area contributed by atoms with E-state index < -0.39 is 12.3 Å². The molecule has 1 aliphatic rings. The SMILES string of the molecule is Cl.Cl.O=C(O)C[C@@H]1CCN(Cc2ccccc2OC(F)(F)F)C[C@@H]1Cc1nc2ccncc2[nH]1. The fraction of sp³-hybridized carbons (Fsp3) is 0.409. The van der Waals surface area contributed by atoms with E-state index in [4.69, 9.17) is 0 Å². The maximum Gasteiger partial charge on any atom is 0.573 e. The number of alkyl halides is 3. The van der Waals surface area contributed by atoms with Crippen LogP contribution < -0.4 is 4.74 Å². The molecule has 0 bridgehead atoms. The molecule has 2 atom stereocenters. The van der Waals surface area contributed by atoms with Crippen LogP contribution in [-0.4, -0.2) is 50.4 Å². The zero-order valence-electron chi connectivity index (χ0n) is 18.0. The largest absolute Gasteiger partial charge is 0.573 e. The molecule has 0 unspecified atom stereocenters. The number of carbonyl (C=O) groups is 1. The van der Waals surface area contributed by atoms with Crippen molar-refractivity contribution in [3.63, 3.8) is 0 Å². The Morgan fingerprint density at radius 1 is 1.21 bits per heavy atom. The van der Waals surface area contributed by atoms with Crippen LogP contribution in [0.15, 0.2) is 42.7 Å². The molecule has 0 saturated carbocycles. The molecule has 4 rings (SSSR count). The van der Waals surface area contributed by atoms with Crippen LogP contribution in [-0.2, 0) is 17.8 Å². The summed E-state index contributed by atoms with van der Waals surface area (Å²) in [5, 5.41) is 9.34. The average molecular weight is 521 g/mol. The molecule has 2 N–H and O–H groups in total. The molecule has 1 aromatic carbocycles. The number of ether oxygens (including phenoxy) is 1. The van der Waals surface area contributed by atoms with Gasteiger partial charge in [-0.25, -0.2) is 4.98 Å². The summed E-state index contributed by atoms with van der Waals surface area (Å²) < 4.78 is 42.5. The Labute approximate surface area is 206 Å². The van der Waals surface area contributed by atoms with Crippen molar-refractivity contribution in [3.8, 4) is 5.75 Å². The molecular formula is C22H25Cl2F3N4O3. The van der Waals surface area contributed by atoms with Crippen LogP contribution in [0.1, 0.15) is 24.2 Å². The van der Waals surface area contributed by atoms with Gasteiger partial charge in [0.2, 0.25) is 0 Å². The third kappa shape index (κ3) is 7.22. The Hall–Kier alpha value is -2.56. The highest BCUT2D eigenvalue weighted by atomic mass is 35.5. The minimum absolute atomic E-state index is 0. The van der Waals surface area contributed by atoms with Crippen LogP contribution in [0.4, 0.5) is 13.2 Å². The van der Waals surface area contributed by atoms with Crippen molar-refractivity contribution < 1.29 is 27.8 Å². The minimum Gasteiger partial charge on any atom is -0.481 e. The molecular weight excluding hydrogens is 496 g/mol. The van der Waals surface area contributed by atoms with E-state index in [1.54, 1.807) is 30.6 Å². The summed E-state index contributed by atoms with van der Waals surface area (Å²) in [5.41, 5.74) is 2.04. The first-order valence-electron chi connectivity index (χ1n) is 10.3. The maximum absolute atomic E-state index is 12.8. The number of halogens is 5. The first-order valence-corrected chi connectivity index (χ1v) is 10.3. The van der Waals surface area contributed by atoms with Crippen molar-refractivity contribution in [1.29, 1.82) is 0 Å². The number of likely N-dealkylation sites (tertiary alicyclic amines) is 1. The monoisotopic (exact) mass is 520 g/mol. The number of imidazole rings is 1. The molecule has 0 spiro atoms. The predicted molar refractivity (Wildman–Crippen MR) is 124 cm³/mol. The lowest BCUT2D eigenvalue weighted by Gasteiger charge is -2.38. The number of hydrogen-bond acceptors (Lipinski definition) is 5. The van der Waals surface area contributed by atoms with Gasteiger partial charge < -0.3 is 14.8 Å². The molecule has 7 nitrogen and oxygen atoms in total. The molecule has 3 aromatic rings. The number of benzene rings is 1. The summed E-state index contributed by atoms with van der Waals surface area (Å²) in [6.07, 6.45) is -0.184. The van der Waals surface area contributed by atoms with E-state index in [9.17, 15) is 23.1 Å². The van der Waals surface area contributed by atoms with Gasteiger partial charge in [-0.05, 0) is 36.9 Å². The number of carboxylic acid groups (broad SMARTS) is 1. The Morgan fingerprint density at radius 2 is 1.97 bits per heavy atom. The van der Waals surface area contributed by atoms with Gasteiger partial charge in [-0.15, -0.1) is 38.0 Å². The first-order chi connectivity index (χ1) is 15.3. The van der Waals surface area contributed by atoms with Crippen molar-refractivity contribution in [2.75, 3.05) is 13.1 Å². The molecule has 0 aliphatic carbocycles. The van der Waals surface area contributed by atoms with Crippen molar-refractivity contribution in [2.45, 2.75) is 32.2 Å². The standard InChI is InChI=1S/C22H23F3N4O3.2ClH/c23-22(24,25)32-19-4-2-1-3-15(19)12-29-8-6-14(10-21(30)31)16(13-29)9-20-27-17-5-7-26-11-18(17)28-20;;/h1-5,7,11,14,16H,6,8-10,12-13H2,(H,27,28)(H,30,31);2*1H/t14-,16-;;/m0../s1. The molecule has 2 aromatic heterocycles. The van der Waals surface area contributed by atoms with Gasteiger partial charge in [-0.3, -0.25) is 14.7 Å². The molecule has 186 valence electrons. The van der Waals surface area contributed by atoms with Gasteiger partial charge in [-0.2, -0.15) is 0 Å². The van der Waals surface area contributed by atoms with E-state index in [1.807, 2.05) is 4.90 Å². The van der Waals surface area contributed by atoms with E-state index in [0.717, 1.165) is 16.9 Å². The number of rotatable bonds is 7. The number of H-pyrrole nitrogens is 1. The number of nitrogens with zero attached hydrogens (tertiary/aromatic N) is 3. The zero-order chi connectivity index (χ0) is 22.7. The highest BCUT2D eigenvalue weighted by molar-refractivity contribution is 5.85. The van der Waals surface area contributed by atoms with Crippen LogP contribution >= 0.6 is 24.8 Å². The minimum atomic E-state index is -4.76. The molecule has 0 radical (unpaired) electrons. The second-order valence-electron chi connectivity index (χ2n) is 8.08. The fourth-order valence-corrected chi connectivity index (χ4v) is 4.38. The summed E-state index contributed by atoms with van der Waals surface area (Å²) >= 11 is 0. The predicted octanol–water partition coefficient (Wildman–Crippen LogP) is 4.86. The summed E-state index contributed by atoms with van der Waals surface area (Å²) in [6, 6.07) is 7.90. The van der Waals surface area contributed by atoms with E-state index in [-0.39, 0.29) is 55.4 Å². The van der Waals surface area contributed by atoms with E-state index in [0.29, 0.717) is 31.5 Å². The number of aromatic amines is 1. The van der Waals surface area contributed by atoms with Crippen molar-refractivity contribution in [1.82, 2.24) is 19.9 Å². The van der Waals surface area contributed by atoms with Gasteiger partial charge in [0.15, 0.2) is 0 Å². The molecule has 0 amide bonds. The van der Waals surface area contributed by atoms with Crippen LogP contribution in [0.5, 0.6) is 5.75 Å². The number of fused-ring (bicyclic) bond motifs is 1. The number of piperidine rings is 1. The summed E-state index contributed by atoms with van der Waals surface area (Å²) in [7, 11) is 0. The molecule has 34 heavy (non-hydrogen) atoms. The van der Waals surface area contributed by atoms with Gasteiger partial charge in [-0.1, -0.05) is 18.2 Å². The van der Waals surface area contributed by atoms with Gasteiger partial charge in [0.25, 0.3) is 0 Å². The molecule has 12 heteroatoms. The summed E-state index contributed by atoms with van der Waals surface area (Å²) in [4.78, 5) is 25.3. The quantitative estimate of drug-likeness (QED) is 0.462. The number of para-hydroxylation sites is 1. The topological polar surface area (TPSA) is 91.3 Å². The Balaban J connectivity index is 0.00000204. The third-order valence-electron chi connectivity index (χ3n) is 5.79. The normalized spacial score (nSPS) is 18.7. The highest BCUT2D eigenvalue weighted by Gasteiger charge is 2.34. The van der Waals surface area contributed by atoms with Crippen molar-refractivity contribution in [3.05, 3.63) is 54.1 Å². The number of aliphatic carboxylic acids is 1. The number of hydrogen-bond donors (Lipinski definition) is 2. The number of nitrogens with one attached hydrogen (secondary N) is 1. The van der Waals surface area contributed by atoms with Crippen LogP contribution in [0.2, 0.25) is 0 Å². The van der Waals surface area contributed by atoms with E-state index >= 15 is 0 Å². The molecule has 3 heterocycles. The number of pyridine rings is 1. The third-order valence-corrected chi connectivity index (χ3v) is 5.79. The summed E-state index contributed by atoms with van der Waals surface area (Å²) in [6.45, 7) is 1.43. The van der Waals surface area contributed by atoms with Gasteiger partial charge in [0.1, 0.15) is 11.6 Å². The summed E-state index contributed by atoms with van der Waals surface area (Å²) in [5.74, 6) is -0.378. The Kier molecular flexibility index (Phi) is 9.54. The van der Waals surface area contributed by atoms with Crippen molar-refractivity contribution >= 4 is 41.8 Å². The number of aromatic nitrogens is 3. The number of carboxylic acids is 1. The van der Waals surface area contributed by atoms with E-state index in [2.05, 4.69) is 19.7 Å². The lowest BCUT2D eigenvalue weighted by atomic mass is 9.81.